The summed E-state index contributed by atoms with van der Waals surface area (Å²) in [6.07, 6.45) is 5.18. The largest absolute Gasteiger partial charge is 0.383 e. The second kappa shape index (κ2) is 4.59. The van der Waals surface area contributed by atoms with Crippen LogP contribution in [0.15, 0.2) is 30.9 Å². The Labute approximate surface area is 117 Å². The van der Waals surface area contributed by atoms with Gasteiger partial charge >= 0.3 is 0 Å². The molecule has 0 aliphatic heterocycles. The molecule has 3 heterocycles. The normalized spacial score (nSPS) is 12.8. The van der Waals surface area contributed by atoms with E-state index in [1.165, 1.54) is 6.33 Å². The average molecular weight is 267 g/mol. The molecule has 3 rings (SSSR count). The maximum absolute atomic E-state index is 6.00. The van der Waals surface area contributed by atoms with Gasteiger partial charge in [-0.2, -0.15) is 0 Å². The van der Waals surface area contributed by atoms with E-state index in [9.17, 15) is 0 Å². The molecular formula is C15H17N5. The minimum absolute atomic E-state index is 0.147. The molecular weight excluding hydrogens is 250 g/mol. The van der Waals surface area contributed by atoms with Crippen molar-refractivity contribution < 1.29 is 0 Å². The van der Waals surface area contributed by atoms with E-state index in [2.05, 4.69) is 46.4 Å². The van der Waals surface area contributed by atoms with Crippen LogP contribution in [0.25, 0.3) is 11.0 Å². The molecule has 5 heteroatoms. The summed E-state index contributed by atoms with van der Waals surface area (Å²) < 4.78 is 2.19. The number of aromatic nitrogens is 4. The van der Waals surface area contributed by atoms with Crippen LogP contribution < -0.4 is 5.73 Å². The van der Waals surface area contributed by atoms with Crippen LogP contribution in [0.3, 0.4) is 0 Å². The van der Waals surface area contributed by atoms with Crippen LogP contribution in [-0.2, 0) is 0 Å². The van der Waals surface area contributed by atoms with Gasteiger partial charge in [0.05, 0.1) is 11.4 Å². The van der Waals surface area contributed by atoms with Gasteiger partial charge in [0.2, 0.25) is 0 Å². The van der Waals surface area contributed by atoms with E-state index < -0.39 is 0 Å². The fraction of sp³-hybridized carbons (Fsp3) is 0.267. The van der Waals surface area contributed by atoms with E-state index in [1.807, 2.05) is 12.3 Å². The highest BCUT2D eigenvalue weighted by Crippen LogP contribution is 2.31. The highest BCUT2D eigenvalue weighted by molar-refractivity contribution is 5.90. The Bertz CT molecular complexity index is 761. The third-order valence-electron chi connectivity index (χ3n) is 3.92. The molecule has 0 aliphatic rings. The highest BCUT2D eigenvalue weighted by Gasteiger charge is 2.19. The Balaban J connectivity index is 2.27. The highest BCUT2D eigenvalue weighted by atomic mass is 15.1. The zero-order valence-corrected chi connectivity index (χ0v) is 11.8. The topological polar surface area (TPSA) is 69.6 Å². The minimum Gasteiger partial charge on any atom is -0.383 e. The summed E-state index contributed by atoms with van der Waals surface area (Å²) in [7, 11) is 0. The summed E-state index contributed by atoms with van der Waals surface area (Å²) in [5.41, 5.74) is 10.3. The number of nitrogens with two attached hydrogens (primary N) is 1. The summed E-state index contributed by atoms with van der Waals surface area (Å²) in [5, 5.41) is 0.945. The van der Waals surface area contributed by atoms with E-state index in [0.29, 0.717) is 5.82 Å². The molecule has 1 unspecified atom stereocenters. The van der Waals surface area contributed by atoms with Gasteiger partial charge in [-0.25, -0.2) is 9.97 Å². The van der Waals surface area contributed by atoms with Gasteiger partial charge in [-0.1, -0.05) is 6.07 Å². The lowest BCUT2D eigenvalue weighted by Crippen LogP contribution is -2.09. The molecule has 102 valence electrons. The molecule has 0 amide bonds. The molecule has 5 nitrogen and oxygen atoms in total. The maximum atomic E-state index is 6.00. The summed E-state index contributed by atoms with van der Waals surface area (Å²) >= 11 is 0. The minimum atomic E-state index is 0.147. The second-order valence-electron chi connectivity index (χ2n) is 5.00. The number of rotatable bonds is 2. The zero-order valence-electron chi connectivity index (χ0n) is 11.8. The molecule has 1 atom stereocenters. The molecule has 0 fully saturated rings. The van der Waals surface area contributed by atoms with E-state index in [-0.39, 0.29) is 6.04 Å². The molecule has 0 saturated carbocycles. The van der Waals surface area contributed by atoms with Crippen LogP contribution in [0.2, 0.25) is 0 Å². The van der Waals surface area contributed by atoms with E-state index >= 15 is 0 Å². The van der Waals surface area contributed by atoms with Crippen molar-refractivity contribution in [3.8, 4) is 0 Å². The third-order valence-corrected chi connectivity index (χ3v) is 3.92. The predicted octanol–water partition coefficient (Wildman–Crippen LogP) is 2.63. The van der Waals surface area contributed by atoms with Crippen molar-refractivity contribution in [2.24, 2.45) is 0 Å². The number of fused-ring (bicyclic) bond motifs is 1. The number of aryl methyl sites for hydroxylation is 1. The van der Waals surface area contributed by atoms with Crippen LogP contribution >= 0.6 is 0 Å². The first-order valence-electron chi connectivity index (χ1n) is 6.58. The van der Waals surface area contributed by atoms with Crippen molar-refractivity contribution >= 4 is 16.9 Å². The number of pyridine rings is 1. The number of hydrogen-bond acceptors (Lipinski definition) is 4. The van der Waals surface area contributed by atoms with Crippen LogP contribution in [-0.4, -0.2) is 19.5 Å². The van der Waals surface area contributed by atoms with E-state index in [4.69, 9.17) is 5.73 Å². The molecule has 0 saturated heterocycles. The third kappa shape index (κ3) is 1.74. The molecule has 0 radical (unpaired) electrons. The van der Waals surface area contributed by atoms with Crippen molar-refractivity contribution in [3.05, 3.63) is 47.7 Å². The van der Waals surface area contributed by atoms with Crippen LogP contribution in [0.1, 0.15) is 29.8 Å². The van der Waals surface area contributed by atoms with Gasteiger partial charge in [0.15, 0.2) is 0 Å². The van der Waals surface area contributed by atoms with Crippen molar-refractivity contribution in [1.82, 2.24) is 19.5 Å². The van der Waals surface area contributed by atoms with Gasteiger partial charge in [-0.3, -0.25) is 4.98 Å². The van der Waals surface area contributed by atoms with E-state index in [0.717, 1.165) is 27.9 Å². The SMILES string of the molecule is Cc1c(C)n(C(C)c2cccnc2)c2ncnc(N)c12. The van der Waals surface area contributed by atoms with Crippen LogP contribution in [0, 0.1) is 13.8 Å². The Morgan fingerprint density at radius 2 is 2.05 bits per heavy atom. The molecule has 0 aliphatic carbocycles. The van der Waals surface area contributed by atoms with Crippen LogP contribution in [0.4, 0.5) is 5.82 Å². The lowest BCUT2D eigenvalue weighted by atomic mass is 10.1. The summed E-state index contributed by atoms with van der Waals surface area (Å²) in [6, 6.07) is 4.17. The van der Waals surface area contributed by atoms with Crippen LogP contribution in [0.5, 0.6) is 0 Å². The molecule has 3 aromatic heterocycles. The Kier molecular flexibility index (Phi) is 2.89. The van der Waals surface area contributed by atoms with Gasteiger partial charge in [0, 0.05) is 18.1 Å². The lowest BCUT2D eigenvalue weighted by Gasteiger charge is -2.17. The molecule has 0 spiro atoms. The number of anilines is 1. The number of nitrogens with zero attached hydrogens (tertiary/aromatic N) is 4. The second-order valence-corrected chi connectivity index (χ2v) is 5.00. The molecule has 0 aromatic carbocycles. The van der Waals surface area contributed by atoms with Gasteiger partial charge in [-0.15, -0.1) is 0 Å². The quantitative estimate of drug-likeness (QED) is 0.775. The van der Waals surface area contributed by atoms with Gasteiger partial charge < -0.3 is 10.3 Å². The van der Waals surface area contributed by atoms with Crippen molar-refractivity contribution in [1.29, 1.82) is 0 Å². The summed E-state index contributed by atoms with van der Waals surface area (Å²) in [4.78, 5) is 12.7. The fourth-order valence-electron chi connectivity index (χ4n) is 2.70. The number of hydrogen-bond donors (Lipinski definition) is 1. The average Bonchev–Trinajstić information content (AvgIpc) is 2.72. The predicted molar refractivity (Wildman–Crippen MR) is 79.5 cm³/mol. The standard InChI is InChI=1S/C15H17N5/c1-9-10(2)20(11(3)12-5-4-6-17-7-12)15-13(9)14(16)18-8-19-15/h4-8,11H,1-3H3,(H2,16,18,19). The summed E-state index contributed by atoms with van der Waals surface area (Å²) in [6.45, 7) is 6.29. The number of nitrogen functional groups attached to an aromatic ring is 1. The first-order chi connectivity index (χ1) is 9.61. The Hall–Kier alpha value is -2.43. The smallest absolute Gasteiger partial charge is 0.146 e. The van der Waals surface area contributed by atoms with Gasteiger partial charge in [0.25, 0.3) is 0 Å². The van der Waals surface area contributed by atoms with Crippen molar-refractivity contribution in [3.63, 3.8) is 0 Å². The maximum Gasteiger partial charge on any atom is 0.146 e. The Morgan fingerprint density at radius 3 is 2.75 bits per heavy atom. The first kappa shape index (κ1) is 12.6. The Morgan fingerprint density at radius 1 is 1.25 bits per heavy atom. The van der Waals surface area contributed by atoms with Gasteiger partial charge in [-0.05, 0) is 38.0 Å². The summed E-state index contributed by atoms with van der Waals surface area (Å²) in [5.74, 6) is 0.535. The molecule has 0 bridgehead atoms. The molecule has 20 heavy (non-hydrogen) atoms. The monoisotopic (exact) mass is 267 g/mol. The molecule has 2 N–H and O–H groups in total. The van der Waals surface area contributed by atoms with Gasteiger partial charge in [0.1, 0.15) is 17.8 Å². The fourth-order valence-corrected chi connectivity index (χ4v) is 2.70. The van der Waals surface area contributed by atoms with Crippen molar-refractivity contribution in [2.75, 3.05) is 5.73 Å². The lowest BCUT2D eigenvalue weighted by molar-refractivity contribution is 0.636. The molecule has 3 aromatic rings. The zero-order chi connectivity index (χ0) is 14.3. The van der Waals surface area contributed by atoms with Crippen molar-refractivity contribution in [2.45, 2.75) is 26.8 Å². The van der Waals surface area contributed by atoms with E-state index in [1.54, 1.807) is 6.20 Å². The first-order valence-corrected chi connectivity index (χ1v) is 6.58.